The molecule has 21 heavy (non-hydrogen) atoms. The molecule has 0 saturated carbocycles. The molecule has 1 saturated heterocycles. The van der Waals surface area contributed by atoms with E-state index in [2.05, 4.69) is 22.5 Å². The summed E-state index contributed by atoms with van der Waals surface area (Å²) in [7, 11) is 1.82. The number of nitrogens with one attached hydrogen (secondary N) is 2. The first-order valence-corrected chi connectivity index (χ1v) is 7.77. The van der Waals surface area contributed by atoms with Crippen LogP contribution in [0.15, 0.2) is 12.1 Å². The molecule has 0 aliphatic carbocycles. The molecule has 5 nitrogen and oxygen atoms in total. The zero-order valence-electron chi connectivity index (χ0n) is 12.9. The highest BCUT2D eigenvalue weighted by molar-refractivity contribution is 5.95. The summed E-state index contributed by atoms with van der Waals surface area (Å²) < 4.78 is 5.34. The van der Waals surface area contributed by atoms with Crippen molar-refractivity contribution in [2.24, 2.45) is 5.92 Å². The minimum atomic E-state index is -0.0230. The van der Waals surface area contributed by atoms with E-state index in [0.717, 1.165) is 50.4 Å². The summed E-state index contributed by atoms with van der Waals surface area (Å²) in [6.07, 6.45) is 3.99. The fourth-order valence-electron chi connectivity index (χ4n) is 2.53. The minimum absolute atomic E-state index is 0.0230. The van der Waals surface area contributed by atoms with Crippen molar-refractivity contribution in [3.05, 3.63) is 23.4 Å². The topological polar surface area (TPSA) is 63.2 Å². The van der Waals surface area contributed by atoms with Gasteiger partial charge in [0.15, 0.2) is 0 Å². The summed E-state index contributed by atoms with van der Waals surface area (Å²) in [6.45, 7) is 4.49. The summed E-state index contributed by atoms with van der Waals surface area (Å²) in [5.41, 5.74) is 1.64. The molecule has 5 heteroatoms. The standard InChI is InChI=1S/C16H25N3O2/c1-3-4-14-9-13(10-15(17-2)19-14)16(20)18-7-5-12-6-8-21-11-12/h9-10,12H,3-8,11H2,1-2H3,(H,17,19)(H,18,20). The van der Waals surface area contributed by atoms with Crippen molar-refractivity contribution in [1.82, 2.24) is 10.3 Å². The molecule has 0 aromatic carbocycles. The number of pyridine rings is 1. The molecule has 0 spiro atoms. The van der Waals surface area contributed by atoms with E-state index in [1.807, 2.05) is 13.1 Å². The fourth-order valence-corrected chi connectivity index (χ4v) is 2.53. The van der Waals surface area contributed by atoms with Gasteiger partial charge >= 0.3 is 0 Å². The Kier molecular flexibility index (Phi) is 5.99. The van der Waals surface area contributed by atoms with Gasteiger partial charge in [-0.05, 0) is 37.3 Å². The number of anilines is 1. The van der Waals surface area contributed by atoms with Gasteiger partial charge in [0, 0.05) is 38.1 Å². The van der Waals surface area contributed by atoms with Gasteiger partial charge in [-0.1, -0.05) is 13.3 Å². The van der Waals surface area contributed by atoms with Gasteiger partial charge in [0.1, 0.15) is 5.82 Å². The molecule has 2 rings (SSSR count). The Labute approximate surface area is 126 Å². The highest BCUT2D eigenvalue weighted by Crippen LogP contribution is 2.16. The zero-order valence-corrected chi connectivity index (χ0v) is 12.9. The van der Waals surface area contributed by atoms with Crippen molar-refractivity contribution in [2.45, 2.75) is 32.6 Å². The summed E-state index contributed by atoms with van der Waals surface area (Å²) in [6, 6.07) is 3.69. The van der Waals surface area contributed by atoms with Crippen LogP contribution in [-0.2, 0) is 11.2 Å². The van der Waals surface area contributed by atoms with Crippen molar-refractivity contribution in [3.8, 4) is 0 Å². The number of carbonyl (C=O) groups is 1. The molecular formula is C16H25N3O2. The third kappa shape index (κ3) is 4.70. The molecule has 0 radical (unpaired) electrons. The zero-order chi connectivity index (χ0) is 15.1. The van der Waals surface area contributed by atoms with Crippen LogP contribution in [0.3, 0.4) is 0 Å². The number of aryl methyl sites for hydroxylation is 1. The maximum Gasteiger partial charge on any atom is 0.251 e. The molecular weight excluding hydrogens is 266 g/mol. The Balaban J connectivity index is 1.92. The van der Waals surface area contributed by atoms with Crippen LogP contribution in [0.2, 0.25) is 0 Å². The van der Waals surface area contributed by atoms with Gasteiger partial charge in [-0.25, -0.2) is 4.98 Å². The van der Waals surface area contributed by atoms with Crippen molar-refractivity contribution in [1.29, 1.82) is 0 Å². The van der Waals surface area contributed by atoms with E-state index in [1.54, 1.807) is 6.07 Å². The van der Waals surface area contributed by atoms with Crippen LogP contribution < -0.4 is 10.6 Å². The lowest BCUT2D eigenvalue weighted by molar-refractivity contribution is 0.0950. The molecule has 1 unspecified atom stereocenters. The predicted octanol–water partition coefficient (Wildman–Crippen LogP) is 2.23. The normalized spacial score (nSPS) is 17.7. The van der Waals surface area contributed by atoms with E-state index in [9.17, 15) is 4.79 Å². The van der Waals surface area contributed by atoms with Crippen molar-refractivity contribution >= 4 is 11.7 Å². The largest absolute Gasteiger partial charge is 0.381 e. The second-order valence-corrected chi connectivity index (χ2v) is 5.51. The number of ether oxygens (including phenoxy) is 1. The van der Waals surface area contributed by atoms with Gasteiger partial charge in [0.25, 0.3) is 5.91 Å². The summed E-state index contributed by atoms with van der Waals surface area (Å²) >= 11 is 0. The van der Waals surface area contributed by atoms with Crippen LogP contribution in [-0.4, -0.2) is 37.7 Å². The van der Waals surface area contributed by atoms with Gasteiger partial charge in [0.05, 0.1) is 0 Å². The molecule has 1 aromatic rings. The summed E-state index contributed by atoms with van der Waals surface area (Å²) in [5, 5.41) is 6.01. The fraction of sp³-hybridized carbons (Fsp3) is 0.625. The number of nitrogens with zero attached hydrogens (tertiary/aromatic N) is 1. The molecule has 1 aliphatic heterocycles. The highest BCUT2D eigenvalue weighted by Gasteiger charge is 2.16. The molecule has 1 aromatic heterocycles. The third-order valence-electron chi connectivity index (χ3n) is 3.76. The predicted molar refractivity (Wildman–Crippen MR) is 83.7 cm³/mol. The van der Waals surface area contributed by atoms with Crippen molar-refractivity contribution in [3.63, 3.8) is 0 Å². The quantitative estimate of drug-likeness (QED) is 0.808. The van der Waals surface area contributed by atoms with Gasteiger partial charge in [-0.2, -0.15) is 0 Å². The number of carbonyl (C=O) groups excluding carboxylic acids is 1. The lowest BCUT2D eigenvalue weighted by Crippen LogP contribution is -2.26. The van der Waals surface area contributed by atoms with Gasteiger partial charge in [0.2, 0.25) is 0 Å². The van der Waals surface area contributed by atoms with E-state index in [4.69, 9.17) is 4.74 Å². The van der Waals surface area contributed by atoms with E-state index >= 15 is 0 Å². The van der Waals surface area contributed by atoms with E-state index in [-0.39, 0.29) is 5.91 Å². The Morgan fingerprint density at radius 3 is 3.00 bits per heavy atom. The molecule has 1 fully saturated rings. The van der Waals surface area contributed by atoms with Crippen molar-refractivity contribution in [2.75, 3.05) is 32.1 Å². The van der Waals surface area contributed by atoms with Crippen molar-refractivity contribution < 1.29 is 9.53 Å². The van der Waals surface area contributed by atoms with E-state index < -0.39 is 0 Å². The average Bonchev–Trinajstić information content (AvgIpc) is 3.00. The smallest absolute Gasteiger partial charge is 0.251 e. The van der Waals surface area contributed by atoms with Crippen LogP contribution in [0.4, 0.5) is 5.82 Å². The molecule has 2 heterocycles. The van der Waals surface area contributed by atoms with E-state index in [0.29, 0.717) is 18.0 Å². The molecule has 116 valence electrons. The van der Waals surface area contributed by atoms with Crippen LogP contribution in [0.5, 0.6) is 0 Å². The Morgan fingerprint density at radius 1 is 1.48 bits per heavy atom. The monoisotopic (exact) mass is 291 g/mol. The first-order valence-electron chi connectivity index (χ1n) is 7.77. The Bertz CT molecular complexity index is 471. The first-order chi connectivity index (χ1) is 10.2. The molecule has 1 aliphatic rings. The van der Waals surface area contributed by atoms with Gasteiger partial charge in [-0.15, -0.1) is 0 Å². The molecule has 0 bridgehead atoms. The lowest BCUT2D eigenvalue weighted by Gasteiger charge is -2.11. The van der Waals surface area contributed by atoms with Gasteiger partial charge in [-0.3, -0.25) is 4.79 Å². The SMILES string of the molecule is CCCc1cc(C(=O)NCCC2CCOC2)cc(NC)n1. The maximum atomic E-state index is 12.2. The number of hydrogen-bond acceptors (Lipinski definition) is 4. The Hall–Kier alpha value is -1.62. The number of hydrogen-bond donors (Lipinski definition) is 2. The molecule has 1 atom stereocenters. The summed E-state index contributed by atoms with van der Waals surface area (Å²) in [4.78, 5) is 16.7. The Morgan fingerprint density at radius 2 is 2.33 bits per heavy atom. The third-order valence-corrected chi connectivity index (χ3v) is 3.76. The number of aromatic nitrogens is 1. The lowest BCUT2D eigenvalue weighted by atomic mass is 10.1. The van der Waals surface area contributed by atoms with E-state index in [1.165, 1.54) is 0 Å². The van der Waals surface area contributed by atoms with Crippen LogP contribution in [0.25, 0.3) is 0 Å². The maximum absolute atomic E-state index is 12.2. The second-order valence-electron chi connectivity index (χ2n) is 5.51. The number of rotatable bonds is 7. The van der Waals surface area contributed by atoms with Crippen LogP contribution in [0.1, 0.15) is 42.2 Å². The average molecular weight is 291 g/mol. The van der Waals surface area contributed by atoms with Crippen LogP contribution >= 0.6 is 0 Å². The number of amides is 1. The minimum Gasteiger partial charge on any atom is -0.381 e. The first kappa shape index (κ1) is 15.8. The molecule has 2 N–H and O–H groups in total. The summed E-state index contributed by atoms with van der Waals surface area (Å²) in [5.74, 6) is 1.31. The van der Waals surface area contributed by atoms with Gasteiger partial charge < -0.3 is 15.4 Å². The highest BCUT2D eigenvalue weighted by atomic mass is 16.5. The van der Waals surface area contributed by atoms with Crippen LogP contribution in [0, 0.1) is 5.92 Å². The molecule has 1 amide bonds. The second kappa shape index (κ2) is 7.98.